The van der Waals surface area contributed by atoms with Gasteiger partial charge in [0.25, 0.3) is 0 Å². The number of carbonyl (C=O) groups is 1. The highest BCUT2D eigenvalue weighted by Crippen LogP contribution is 2.28. The van der Waals surface area contributed by atoms with Crippen LogP contribution in [0.4, 0.5) is 0 Å². The molecule has 128 valence electrons. The molecule has 0 aliphatic carbocycles. The first-order valence-corrected chi connectivity index (χ1v) is 8.91. The predicted molar refractivity (Wildman–Crippen MR) is 91.7 cm³/mol. The summed E-state index contributed by atoms with van der Waals surface area (Å²) in [5.41, 5.74) is 0.614. The second-order valence-corrected chi connectivity index (χ2v) is 6.51. The number of carbonyl (C=O) groups excluding carboxylic acids is 1. The van der Waals surface area contributed by atoms with Gasteiger partial charge in [-0.3, -0.25) is 4.79 Å². The number of quaternary nitrogens is 1. The lowest BCUT2D eigenvalue weighted by molar-refractivity contribution is -0.908. The van der Waals surface area contributed by atoms with Crippen LogP contribution < -0.4 is 14.4 Å². The van der Waals surface area contributed by atoms with Crippen molar-refractivity contribution in [3.8, 4) is 11.5 Å². The van der Waals surface area contributed by atoms with Crippen LogP contribution in [0.2, 0.25) is 0 Å². The molecule has 4 heteroatoms. The molecule has 1 aliphatic heterocycles. The molecule has 0 saturated carbocycles. The summed E-state index contributed by atoms with van der Waals surface area (Å²) in [6.07, 6.45) is 5.84. The SMILES string of the molecule is CCOc1cc(C=O)ccc1OCCCC[NH+]1CCC[C@H](C)C1. The average molecular weight is 320 g/mol. The van der Waals surface area contributed by atoms with Crippen molar-refractivity contribution in [1.29, 1.82) is 0 Å². The fourth-order valence-electron chi connectivity index (χ4n) is 3.27. The molecule has 1 saturated heterocycles. The van der Waals surface area contributed by atoms with Crippen molar-refractivity contribution in [2.45, 2.75) is 39.5 Å². The molecule has 0 radical (unpaired) electrons. The smallest absolute Gasteiger partial charge is 0.161 e. The van der Waals surface area contributed by atoms with E-state index in [1.165, 1.54) is 38.9 Å². The van der Waals surface area contributed by atoms with Gasteiger partial charge in [0.2, 0.25) is 0 Å². The lowest BCUT2D eigenvalue weighted by atomic mass is 10.0. The topological polar surface area (TPSA) is 40.0 Å². The first kappa shape index (κ1) is 17.8. The number of nitrogens with one attached hydrogen (secondary N) is 1. The van der Waals surface area contributed by atoms with Gasteiger partial charge in [-0.15, -0.1) is 0 Å². The number of rotatable bonds is 9. The van der Waals surface area contributed by atoms with Crippen molar-refractivity contribution >= 4 is 6.29 Å². The number of piperidine rings is 1. The third kappa shape index (κ3) is 5.87. The third-order valence-corrected chi connectivity index (χ3v) is 4.45. The molecule has 0 spiro atoms. The zero-order valence-electron chi connectivity index (χ0n) is 14.5. The molecule has 23 heavy (non-hydrogen) atoms. The molecule has 1 aromatic carbocycles. The van der Waals surface area contributed by atoms with Gasteiger partial charge in [-0.1, -0.05) is 6.92 Å². The molecule has 1 aliphatic rings. The van der Waals surface area contributed by atoms with Gasteiger partial charge < -0.3 is 14.4 Å². The van der Waals surface area contributed by atoms with E-state index in [4.69, 9.17) is 9.47 Å². The number of likely N-dealkylation sites (tertiary alicyclic amines) is 1. The quantitative estimate of drug-likeness (QED) is 0.561. The summed E-state index contributed by atoms with van der Waals surface area (Å²) < 4.78 is 11.4. The molecular weight excluding hydrogens is 290 g/mol. The Hall–Kier alpha value is -1.55. The minimum absolute atomic E-state index is 0.565. The molecular formula is C19H30NO3+. The zero-order valence-corrected chi connectivity index (χ0v) is 14.5. The molecule has 1 unspecified atom stereocenters. The first-order valence-electron chi connectivity index (χ1n) is 8.91. The van der Waals surface area contributed by atoms with Gasteiger partial charge in [-0.25, -0.2) is 0 Å². The number of aldehydes is 1. The normalized spacial score (nSPS) is 21.0. The van der Waals surface area contributed by atoms with E-state index in [0.717, 1.165) is 24.4 Å². The van der Waals surface area contributed by atoms with Crippen molar-refractivity contribution in [1.82, 2.24) is 0 Å². The summed E-state index contributed by atoms with van der Waals surface area (Å²) in [5, 5.41) is 0. The Bertz CT molecular complexity index is 490. The minimum atomic E-state index is 0.565. The van der Waals surface area contributed by atoms with Crippen LogP contribution in [0, 0.1) is 5.92 Å². The summed E-state index contributed by atoms with van der Waals surface area (Å²) >= 11 is 0. The molecule has 0 amide bonds. The van der Waals surface area contributed by atoms with Crippen LogP contribution in [0.1, 0.15) is 49.9 Å². The highest BCUT2D eigenvalue weighted by atomic mass is 16.5. The van der Waals surface area contributed by atoms with Crippen molar-refractivity contribution in [2.24, 2.45) is 5.92 Å². The number of hydrogen-bond acceptors (Lipinski definition) is 3. The van der Waals surface area contributed by atoms with Gasteiger partial charge in [0.05, 0.1) is 32.8 Å². The predicted octanol–water partition coefficient (Wildman–Crippen LogP) is 2.37. The maximum absolute atomic E-state index is 10.8. The monoisotopic (exact) mass is 320 g/mol. The van der Waals surface area contributed by atoms with Crippen molar-refractivity contribution in [3.63, 3.8) is 0 Å². The average Bonchev–Trinajstić information content (AvgIpc) is 2.56. The second kappa shape index (κ2) is 9.56. The lowest BCUT2D eigenvalue weighted by Crippen LogP contribution is -3.13. The van der Waals surface area contributed by atoms with Gasteiger partial charge in [0, 0.05) is 11.5 Å². The lowest BCUT2D eigenvalue weighted by Gasteiger charge is -2.27. The number of ether oxygens (including phenoxy) is 2. The molecule has 2 atom stereocenters. The molecule has 0 aromatic heterocycles. The number of benzene rings is 1. The summed E-state index contributed by atoms with van der Waals surface area (Å²) in [5.74, 6) is 2.27. The fraction of sp³-hybridized carbons (Fsp3) is 0.632. The Morgan fingerprint density at radius 3 is 2.87 bits per heavy atom. The van der Waals surface area contributed by atoms with E-state index >= 15 is 0 Å². The summed E-state index contributed by atoms with van der Waals surface area (Å²) in [6.45, 7) is 9.45. The van der Waals surface area contributed by atoms with Crippen LogP contribution in [0.25, 0.3) is 0 Å². The Balaban J connectivity index is 1.72. The Labute approximate surface area is 139 Å². The summed E-state index contributed by atoms with van der Waals surface area (Å²) in [7, 11) is 0. The van der Waals surface area contributed by atoms with Gasteiger partial charge in [-0.05, 0) is 50.8 Å². The van der Waals surface area contributed by atoms with E-state index in [0.29, 0.717) is 24.5 Å². The standard InChI is InChI=1S/C19H29NO3/c1-3-22-19-13-17(15-21)8-9-18(19)23-12-5-4-10-20-11-6-7-16(2)14-20/h8-9,13,15-16H,3-7,10-12,14H2,1-2H3/p+1/t16-/m0/s1. The second-order valence-electron chi connectivity index (χ2n) is 6.51. The Morgan fingerprint density at radius 2 is 2.13 bits per heavy atom. The fourth-order valence-corrected chi connectivity index (χ4v) is 3.27. The minimum Gasteiger partial charge on any atom is -0.490 e. The Morgan fingerprint density at radius 1 is 1.26 bits per heavy atom. The number of hydrogen-bond donors (Lipinski definition) is 1. The van der Waals surface area contributed by atoms with Crippen LogP contribution in [0.5, 0.6) is 11.5 Å². The molecule has 1 fully saturated rings. The van der Waals surface area contributed by atoms with Gasteiger partial charge in [-0.2, -0.15) is 0 Å². The highest BCUT2D eigenvalue weighted by Gasteiger charge is 2.18. The van der Waals surface area contributed by atoms with E-state index in [1.807, 2.05) is 13.0 Å². The van der Waals surface area contributed by atoms with Crippen LogP contribution in [-0.2, 0) is 0 Å². The van der Waals surface area contributed by atoms with E-state index in [1.54, 1.807) is 17.0 Å². The van der Waals surface area contributed by atoms with E-state index in [9.17, 15) is 4.79 Å². The van der Waals surface area contributed by atoms with Crippen molar-refractivity contribution in [3.05, 3.63) is 23.8 Å². The molecule has 4 nitrogen and oxygen atoms in total. The first-order chi connectivity index (χ1) is 11.2. The number of unbranched alkanes of at least 4 members (excludes halogenated alkanes) is 1. The maximum Gasteiger partial charge on any atom is 0.161 e. The van der Waals surface area contributed by atoms with Crippen LogP contribution in [0.3, 0.4) is 0 Å². The molecule has 1 aromatic rings. The van der Waals surface area contributed by atoms with Gasteiger partial charge >= 0.3 is 0 Å². The third-order valence-electron chi connectivity index (χ3n) is 4.45. The van der Waals surface area contributed by atoms with Crippen LogP contribution in [0.15, 0.2) is 18.2 Å². The molecule has 1 heterocycles. The van der Waals surface area contributed by atoms with Crippen molar-refractivity contribution in [2.75, 3.05) is 32.8 Å². The molecule has 1 N–H and O–H groups in total. The molecule has 0 bridgehead atoms. The van der Waals surface area contributed by atoms with Crippen LogP contribution in [-0.4, -0.2) is 39.1 Å². The maximum atomic E-state index is 10.8. The van der Waals surface area contributed by atoms with Gasteiger partial charge in [0.15, 0.2) is 11.5 Å². The van der Waals surface area contributed by atoms with Crippen molar-refractivity contribution < 1.29 is 19.2 Å². The zero-order chi connectivity index (χ0) is 16.5. The molecule has 2 rings (SSSR count). The Kier molecular flexibility index (Phi) is 7.40. The van der Waals surface area contributed by atoms with Crippen LogP contribution >= 0.6 is 0 Å². The van der Waals surface area contributed by atoms with E-state index in [2.05, 4.69) is 6.92 Å². The summed E-state index contributed by atoms with van der Waals surface area (Å²) in [4.78, 5) is 12.6. The largest absolute Gasteiger partial charge is 0.490 e. The highest BCUT2D eigenvalue weighted by molar-refractivity contribution is 5.76. The van der Waals surface area contributed by atoms with E-state index in [-0.39, 0.29) is 0 Å². The summed E-state index contributed by atoms with van der Waals surface area (Å²) in [6, 6.07) is 5.33. The van der Waals surface area contributed by atoms with E-state index < -0.39 is 0 Å². The van der Waals surface area contributed by atoms with Gasteiger partial charge in [0.1, 0.15) is 6.29 Å².